The van der Waals surface area contributed by atoms with E-state index in [4.69, 9.17) is 0 Å². The van der Waals surface area contributed by atoms with Crippen molar-refractivity contribution in [3.8, 4) is 0 Å². The van der Waals surface area contributed by atoms with Crippen molar-refractivity contribution in [1.82, 2.24) is 5.32 Å². The fourth-order valence-corrected chi connectivity index (χ4v) is 1.32. The van der Waals surface area contributed by atoms with Gasteiger partial charge in [-0.25, -0.2) is 0 Å². The summed E-state index contributed by atoms with van der Waals surface area (Å²) >= 11 is 0. The molecule has 0 aliphatic heterocycles. The first-order chi connectivity index (χ1) is 8.02. The summed E-state index contributed by atoms with van der Waals surface area (Å²) < 4.78 is 0. The van der Waals surface area contributed by atoms with E-state index in [1.54, 1.807) is 24.3 Å². The Labute approximate surface area is 101 Å². The molecule has 0 saturated carbocycles. The Balaban J connectivity index is 2.48. The summed E-state index contributed by atoms with van der Waals surface area (Å²) in [6.45, 7) is 3.88. The monoisotopic (exact) mass is 237 g/mol. The van der Waals surface area contributed by atoms with Crippen molar-refractivity contribution in [3.05, 3.63) is 35.9 Å². The molecular weight excluding hydrogens is 218 g/mol. The van der Waals surface area contributed by atoms with E-state index in [1.165, 1.54) is 0 Å². The van der Waals surface area contributed by atoms with Crippen LogP contribution in [0.25, 0.3) is 0 Å². The van der Waals surface area contributed by atoms with E-state index >= 15 is 0 Å². The average Bonchev–Trinajstić information content (AvgIpc) is 2.35. The standard InChI is InChI=1S/C13H19NO3/c1-9(2)11(15)8-14-13(17)12(16)10-6-4-3-5-7-10/h3-7,9,11-12,15-16H,8H2,1-2H3,(H,14,17). The van der Waals surface area contributed by atoms with Crippen LogP contribution in [-0.4, -0.2) is 28.8 Å². The van der Waals surface area contributed by atoms with E-state index in [2.05, 4.69) is 5.32 Å². The average molecular weight is 237 g/mol. The van der Waals surface area contributed by atoms with Crippen LogP contribution in [0.5, 0.6) is 0 Å². The highest BCUT2D eigenvalue weighted by molar-refractivity contribution is 5.81. The highest BCUT2D eigenvalue weighted by Crippen LogP contribution is 2.11. The molecule has 0 aliphatic rings. The molecule has 0 saturated heterocycles. The van der Waals surface area contributed by atoms with Crippen molar-refractivity contribution < 1.29 is 15.0 Å². The quantitative estimate of drug-likeness (QED) is 0.711. The van der Waals surface area contributed by atoms with Crippen molar-refractivity contribution in [2.45, 2.75) is 26.1 Å². The molecule has 2 atom stereocenters. The van der Waals surface area contributed by atoms with Crippen molar-refractivity contribution in [2.24, 2.45) is 5.92 Å². The number of nitrogens with one attached hydrogen (secondary N) is 1. The molecule has 0 aliphatic carbocycles. The maximum atomic E-state index is 11.6. The van der Waals surface area contributed by atoms with E-state index in [0.717, 1.165) is 0 Å². The molecule has 0 fully saturated rings. The zero-order valence-electron chi connectivity index (χ0n) is 10.1. The molecule has 0 aromatic heterocycles. The van der Waals surface area contributed by atoms with Crippen LogP contribution in [0.4, 0.5) is 0 Å². The Bertz CT molecular complexity index is 351. The Morgan fingerprint density at radius 2 is 1.82 bits per heavy atom. The molecule has 1 aromatic rings. The third-order valence-corrected chi connectivity index (χ3v) is 2.62. The lowest BCUT2D eigenvalue weighted by Crippen LogP contribution is -2.37. The molecule has 0 radical (unpaired) electrons. The van der Waals surface area contributed by atoms with Gasteiger partial charge in [0.25, 0.3) is 5.91 Å². The number of hydrogen-bond donors (Lipinski definition) is 3. The van der Waals surface area contributed by atoms with Gasteiger partial charge in [-0.05, 0) is 11.5 Å². The van der Waals surface area contributed by atoms with Gasteiger partial charge < -0.3 is 15.5 Å². The molecule has 94 valence electrons. The Kier molecular flexibility index (Phi) is 5.12. The fourth-order valence-electron chi connectivity index (χ4n) is 1.32. The second kappa shape index (κ2) is 6.37. The van der Waals surface area contributed by atoms with Crippen LogP contribution in [-0.2, 0) is 4.79 Å². The highest BCUT2D eigenvalue weighted by Gasteiger charge is 2.18. The van der Waals surface area contributed by atoms with E-state index in [0.29, 0.717) is 5.56 Å². The third kappa shape index (κ3) is 4.17. The topological polar surface area (TPSA) is 69.6 Å². The SMILES string of the molecule is CC(C)C(O)CNC(=O)C(O)c1ccccc1. The maximum absolute atomic E-state index is 11.6. The van der Waals surface area contributed by atoms with Gasteiger partial charge in [0, 0.05) is 6.54 Å². The van der Waals surface area contributed by atoms with Crippen LogP contribution in [0, 0.1) is 5.92 Å². The third-order valence-electron chi connectivity index (χ3n) is 2.62. The first kappa shape index (κ1) is 13.7. The molecule has 1 aromatic carbocycles. The van der Waals surface area contributed by atoms with Gasteiger partial charge in [-0.2, -0.15) is 0 Å². The molecule has 0 heterocycles. The van der Waals surface area contributed by atoms with Gasteiger partial charge >= 0.3 is 0 Å². The summed E-state index contributed by atoms with van der Waals surface area (Å²) in [6.07, 6.45) is -1.78. The van der Waals surface area contributed by atoms with E-state index in [1.807, 2.05) is 19.9 Å². The summed E-state index contributed by atoms with van der Waals surface area (Å²) in [6, 6.07) is 8.70. The summed E-state index contributed by atoms with van der Waals surface area (Å²) in [5.41, 5.74) is 0.545. The van der Waals surface area contributed by atoms with E-state index < -0.39 is 18.1 Å². The number of benzene rings is 1. The number of aliphatic hydroxyl groups is 2. The summed E-state index contributed by atoms with van der Waals surface area (Å²) in [7, 11) is 0. The minimum atomic E-state index is -1.18. The Morgan fingerprint density at radius 3 is 2.35 bits per heavy atom. The van der Waals surface area contributed by atoms with Crippen LogP contribution in [0.1, 0.15) is 25.5 Å². The number of carbonyl (C=O) groups is 1. The predicted octanol–water partition coefficient (Wildman–Crippen LogP) is 0.853. The second-order valence-corrected chi connectivity index (χ2v) is 4.37. The zero-order valence-corrected chi connectivity index (χ0v) is 10.1. The van der Waals surface area contributed by atoms with Gasteiger partial charge in [-0.3, -0.25) is 4.79 Å². The number of hydrogen-bond acceptors (Lipinski definition) is 3. The summed E-state index contributed by atoms with van der Waals surface area (Å²) in [4.78, 5) is 11.6. The van der Waals surface area contributed by atoms with Crippen LogP contribution in [0.3, 0.4) is 0 Å². The molecule has 2 unspecified atom stereocenters. The first-order valence-electron chi connectivity index (χ1n) is 5.71. The smallest absolute Gasteiger partial charge is 0.253 e. The van der Waals surface area contributed by atoms with Gasteiger partial charge in [-0.1, -0.05) is 44.2 Å². The van der Waals surface area contributed by atoms with Gasteiger partial charge in [0.05, 0.1) is 6.10 Å². The number of carbonyl (C=O) groups excluding carboxylic acids is 1. The maximum Gasteiger partial charge on any atom is 0.253 e. The molecule has 0 bridgehead atoms. The fraction of sp³-hybridized carbons (Fsp3) is 0.462. The largest absolute Gasteiger partial charge is 0.391 e. The van der Waals surface area contributed by atoms with Crippen molar-refractivity contribution in [3.63, 3.8) is 0 Å². The summed E-state index contributed by atoms with van der Waals surface area (Å²) in [5.74, 6) is -0.417. The van der Waals surface area contributed by atoms with Crippen LogP contribution >= 0.6 is 0 Å². The summed E-state index contributed by atoms with van der Waals surface area (Å²) in [5, 5.41) is 21.8. The molecular formula is C13H19NO3. The second-order valence-electron chi connectivity index (χ2n) is 4.37. The Morgan fingerprint density at radius 1 is 1.24 bits per heavy atom. The Hall–Kier alpha value is -1.39. The molecule has 4 nitrogen and oxygen atoms in total. The highest BCUT2D eigenvalue weighted by atomic mass is 16.3. The van der Waals surface area contributed by atoms with Crippen molar-refractivity contribution in [2.75, 3.05) is 6.54 Å². The van der Waals surface area contributed by atoms with Gasteiger partial charge in [0.15, 0.2) is 6.10 Å². The van der Waals surface area contributed by atoms with Gasteiger partial charge in [-0.15, -0.1) is 0 Å². The van der Waals surface area contributed by atoms with Crippen LogP contribution in [0.15, 0.2) is 30.3 Å². The lowest BCUT2D eigenvalue weighted by Gasteiger charge is -2.17. The molecule has 1 amide bonds. The molecule has 17 heavy (non-hydrogen) atoms. The lowest BCUT2D eigenvalue weighted by molar-refractivity contribution is -0.130. The van der Waals surface area contributed by atoms with Crippen molar-refractivity contribution >= 4 is 5.91 Å². The van der Waals surface area contributed by atoms with Crippen LogP contribution < -0.4 is 5.32 Å². The molecule has 3 N–H and O–H groups in total. The van der Waals surface area contributed by atoms with Gasteiger partial charge in [0.1, 0.15) is 0 Å². The minimum absolute atomic E-state index is 0.0733. The molecule has 0 spiro atoms. The normalized spacial score (nSPS) is 14.4. The van der Waals surface area contributed by atoms with Crippen LogP contribution in [0.2, 0.25) is 0 Å². The number of amides is 1. The van der Waals surface area contributed by atoms with E-state index in [9.17, 15) is 15.0 Å². The molecule has 4 heteroatoms. The minimum Gasteiger partial charge on any atom is -0.391 e. The van der Waals surface area contributed by atoms with E-state index in [-0.39, 0.29) is 12.5 Å². The molecule has 1 rings (SSSR count). The van der Waals surface area contributed by atoms with Gasteiger partial charge in [0.2, 0.25) is 0 Å². The lowest BCUT2D eigenvalue weighted by atomic mass is 10.1. The zero-order chi connectivity index (χ0) is 12.8. The predicted molar refractivity (Wildman–Crippen MR) is 65.3 cm³/mol. The first-order valence-corrected chi connectivity index (χ1v) is 5.71. The van der Waals surface area contributed by atoms with Crippen molar-refractivity contribution in [1.29, 1.82) is 0 Å². The number of rotatable bonds is 5. The number of aliphatic hydroxyl groups excluding tert-OH is 2.